The number of hydrogen-bond acceptors (Lipinski definition) is 9. The lowest BCUT2D eigenvalue weighted by atomic mass is 10.1. The molecule has 30 heavy (non-hydrogen) atoms. The lowest BCUT2D eigenvalue weighted by Gasteiger charge is -2.08. The minimum atomic E-state index is -0.555. The van der Waals surface area contributed by atoms with E-state index in [1.165, 1.54) is 11.3 Å². The molecule has 1 N–H and O–H groups in total. The van der Waals surface area contributed by atoms with Gasteiger partial charge < -0.3 is 14.8 Å². The Labute approximate surface area is 183 Å². The van der Waals surface area contributed by atoms with Gasteiger partial charge in [0.15, 0.2) is 11.8 Å². The van der Waals surface area contributed by atoms with Gasteiger partial charge in [-0.25, -0.2) is 14.8 Å². The van der Waals surface area contributed by atoms with Gasteiger partial charge in [0.2, 0.25) is 0 Å². The highest BCUT2D eigenvalue weighted by Gasteiger charge is 2.23. The molecule has 1 amide bonds. The molecule has 0 aliphatic rings. The number of nitrogens with one attached hydrogen (secondary N) is 1. The van der Waals surface area contributed by atoms with E-state index in [1.807, 2.05) is 33.8 Å². The molecule has 0 aliphatic carbocycles. The molecule has 0 aliphatic heterocycles. The van der Waals surface area contributed by atoms with Crippen LogP contribution in [0.2, 0.25) is 0 Å². The minimum absolute atomic E-state index is 0.0116. The van der Waals surface area contributed by atoms with Gasteiger partial charge in [-0.1, -0.05) is 18.7 Å². The van der Waals surface area contributed by atoms with Crippen LogP contribution in [0.5, 0.6) is 0 Å². The molecule has 2 aromatic rings. The summed E-state index contributed by atoms with van der Waals surface area (Å²) in [7, 11) is 0. The van der Waals surface area contributed by atoms with Crippen molar-refractivity contribution in [3.8, 4) is 0 Å². The van der Waals surface area contributed by atoms with Crippen LogP contribution in [0.4, 0.5) is 5.00 Å². The van der Waals surface area contributed by atoms with Crippen molar-refractivity contribution >= 4 is 45.9 Å². The smallest absolute Gasteiger partial charge is 0.341 e. The maximum Gasteiger partial charge on any atom is 0.341 e. The van der Waals surface area contributed by atoms with E-state index in [9.17, 15) is 14.4 Å². The predicted molar refractivity (Wildman–Crippen MR) is 116 cm³/mol. The molecule has 0 radical (unpaired) electrons. The van der Waals surface area contributed by atoms with E-state index >= 15 is 0 Å². The van der Waals surface area contributed by atoms with Gasteiger partial charge in [-0.05, 0) is 45.7 Å². The number of thioether (sulfide) groups is 1. The van der Waals surface area contributed by atoms with Crippen LogP contribution in [0.1, 0.15) is 46.0 Å². The molecule has 10 heteroatoms. The van der Waals surface area contributed by atoms with Gasteiger partial charge in [0, 0.05) is 16.3 Å². The summed E-state index contributed by atoms with van der Waals surface area (Å²) in [5.74, 6) is -1.57. The summed E-state index contributed by atoms with van der Waals surface area (Å²) in [5, 5.41) is 3.54. The summed E-state index contributed by atoms with van der Waals surface area (Å²) >= 11 is 2.44. The average Bonchev–Trinajstić information content (AvgIpc) is 2.99. The van der Waals surface area contributed by atoms with Crippen molar-refractivity contribution in [1.82, 2.24) is 9.97 Å². The summed E-state index contributed by atoms with van der Waals surface area (Å²) in [6, 6.07) is 1.84. The molecule has 8 nitrogen and oxygen atoms in total. The van der Waals surface area contributed by atoms with E-state index in [4.69, 9.17) is 9.47 Å². The third-order valence-corrected chi connectivity index (χ3v) is 5.82. The number of nitrogens with zero attached hydrogens (tertiary/aromatic N) is 2. The Morgan fingerprint density at radius 2 is 1.77 bits per heavy atom. The number of ether oxygens (including phenoxy) is 2. The Hall–Kier alpha value is -2.46. The zero-order chi connectivity index (χ0) is 22.3. The Morgan fingerprint density at radius 1 is 1.10 bits per heavy atom. The van der Waals surface area contributed by atoms with Crippen molar-refractivity contribution in [3.05, 3.63) is 33.5 Å². The molecular weight excluding hydrogens is 426 g/mol. The maximum atomic E-state index is 12.3. The van der Waals surface area contributed by atoms with Crippen molar-refractivity contribution < 1.29 is 23.9 Å². The van der Waals surface area contributed by atoms with Crippen LogP contribution in [0.3, 0.4) is 0 Å². The average molecular weight is 452 g/mol. The molecule has 0 bridgehead atoms. The normalized spacial score (nSPS) is 10.6. The summed E-state index contributed by atoms with van der Waals surface area (Å²) in [5.41, 5.74) is 2.83. The number of aromatic nitrogens is 2. The molecule has 0 saturated carbocycles. The highest BCUT2D eigenvalue weighted by Crippen LogP contribution is 2.34. The fraction of sp³-hybridized carbons (Fsp3) is 0.450. The summed E-state index contributed by atoms with van der Waals surface area (Å²) < 4.78 is 10.1. The summed E-state index contributed by atoms with van der Waals surface area (Å²) in [6.07, 6.45) is 0.638. The van der Waals surface area contributed by atoms with Gasteiger partial charge in [0.25, 0.3) is 5.91 Å². The van der Waals surface area contributed by atoms with Crippen molar-refractivity contribution in [2.24, 2.45) is 0 Å². The fourth-order valence-electron chi connectivity index (χ4n) is 2.74. The Morgan fingerprint density at radius 3 is 2.37 bits per heavy atom. The second kappa shape index (κ2) is 11.1. The highest BCUT2D eigenvalue weighted by atomic mass is 32.2. The van der Waals surface area contributed by atoms with Crippen LogP contribution < -0.4 is 5.32 Å². The first kappa shape index (κ1) is 23.8. The van der Waals surface area contributed by atoms with Crippen LogP contribution in [-0.2, 0) is 25.5 Å². The van der Waals surface area contributed by atoms with E-state index < -0.39 is 24.5 Å². The third kappa shape index (κ3) is 6.53. The number of rotatable bonds is 9. The van der Waals surface area contributed by atoms with Gasteiger partial charge in [0.1, 0.15) is 5.00 Å². The SMILES string of the molecule is CCOC(=O)c1c(NC(=O)COC(=O)CSc2nc(C)cc(C)n2)sc(C)c1CC. The van der Waals surface area contributed by atoms with Crippen LogP contribution in [0, 0.1) is 20.8 Å². The molecule has 0 spiro atoms. The minimum Gasteiger partial charge on any atom is -0.462 e. The zero-order valence-electron chi connectivity index (χ0n) is 17.7. The number of aryl methyl sites for hydroxylation is 3. The lowest BCUT2D eigenvalue weighted by Crippen LogP contribution is -2.22. The molecule has 0 saturated heterocycles. The van der Waals surface area contributed by atoms with E-state index in [0.717, 1.165) is 33.6 Å². The van der Waals surface area contributed by atoms with E-state index in [-0.39, 0.29) is 12.4 Å². The Balaban J connectivity index is 1.92. The van der Waals surface area contributed by atoms with Crippen molar-refractivity contribution in [1.29, 1.82) is 0 Å². The van der Waals surface area contributed by atoms with Crippen molar-refractivity contribution in [2.75, 3.05) is 24.3 Å². The molecule has 2 aromatic heterocycles. The second-order valence-corrected chi connectivity index (χ2v) is 8.51. The van der Waals surface area contributed by atoms with E-state index in [0.29, 0.717) is 22.1 Å². The molecule has 0 fully saturated rings. The number of esters is 2. The van der Waals surface area contributed by atoms with Gasteiger partial charge >= 0.3 is 11.9 Å². The molecule has 0 aromatic carbocycles. The van der Waals surface area contributed by atoms with Crippen molar-refractivity contribution in [2.45, 2.75) is 46.2 Å². The van der Waals surface area contributed by atoms with Crippen LogP contribution >= 0.6 is 23.1 Å². The summed E-state index contributed by atoms with van der Waals surface area (Å²) in [6.45, 7) is 9.03. The highest BCUT2D eigenvalue weighted by molar-refractivity contribution is 7.99. The first-order chi connectivity index (χ1) is 14.2. The standard InChI is InChI=1S/C20H25N3O5S2/c1-6-14-13(5)30-18(17(14)19(26)27-7-2)23-15(24)9-28-16(25)10-29-20-21-11(3)8-12(4)22-20/h8H,6-7,9-10H2,1-5H3,(H,23,24). The number of hydrogen-bond donors (Lipinski definition) is 1. The van der Waals surface area contributed by atoms with Gasteiger partial charge in [-0.2, -0.15) is 0 Å². The number of anilines is 1. The molecular formula is C20H25N3O5S2. The lowest BCUT2D eigenvalue weighted by molar-refractivity contribution is -0.144. The quantitative estimate of drug-likeness (QED) is 0.351. The third-order valence-electron chi connectivity index (χ3n) is 3.94. The van der Waals surface area contributed by atoms with E-state index in [1.54, 1.807) is 6.92 Å². The van der Waals surface area contributed by atoms with E-state index in [2.05, 4.69) is 15.3 Å². The zero-order valence-corrected chi connectivity index (χ0v) is 19.3. The van der Waals surface area contributed by atoms with Crippen molar-refractivity contribution in [3.63, 3.8) is 0 Å². The Bertz CT molecular complexity index is 923. The number of thiophene rings is 1. The first-order valence-electron chi connectivity index (χ1n) is 9.45. The van der Waals surface area contributed by atoms with Crippen LogP contribution in [0.15, 0.2) is 11.2 Å². The fourth-order valence-corrected chi connectivity index (χ4v) is 4.64. The van der Waals surface area contributed by atoms with Gasteiger partial charge in [-0.15, -0.1) is 11.3 Å². The maximum absolute atomic E-state index is 12.3. The molecule has 0 unspecified atom stereocenters. The number of amides is 1. The molecule has 2 rings (SSSR count). The predicted octanol–water partition coefficient (Wildman–Crippen LogP) is 3.48. The monoisotopic (exact) mass is 451 g/mol. The molecule has 0 atom stereocenters. The van der Waals surface area contributed by atoms with Crippen LogP contribution in [-0.4, -0.2) is 46.8 Å². The summed E-state index contributed by atoms with van der Waals surface area (Å²) in [4.78, 5) is 45.9. The second-order valence-electron chi connectivity index (χ2n) is 6.35. The largest absolute Gasteiger partial charge is 0.462 e. The van der Waals surface area contributed by atoms with Gasteiger partial charge in [-0.3, -0.25) is 9.59 Å². The molecule has 162 valence electrons. The molecule has 2 heterocycles. The Kier molecular flexibility index (Phi) is 8.79. The number of carbonyl (C=O) groups excluding carboxylic acids is 3. The first-order valence-corrected chi connectivity index (χ1v) is 11.2. The van der Waals surface area contributed by atoms with Crippen LogP contribution in [0.25, 0.3) is 0 Å². The van der Waals surface area contributed by atoms with Gasteiger partial charge in [0.05, 0.1) is 17.9 Å². The number of carbonyl (C=O) groups is 3. The topological polar surface area (TPSA) is 107 Å².